The van der Waals surface area contributed by atoms with Gasteiger partial charge >= 0.3 is 5.69 Å². The predicted octanol–water partition coefficient (Wildman–Crippen LogP) is -1.70. The van der Waals surface area contributed by atoms with E-state index in [4.69, 9.17) is 10.5 Å². The molecule has 1 saturated carbocycles. The molecule has 8 nitrogen and oxygen atoms in total. The topological polar surface area (TPSA) is 130 Å². The second-order valence-corrected chi connectivity index (χ2v) is 4.38. The summed E-state index contributed by atoms with van der Waals surface area (Å²) in [6.45, 7) is 2.39. The molecule has 1 heterocycles. The fraction of sp³-hybridized carbons (Fsp3) is 0.545. The number of nitrogens with one attached hydrogen (secondary N) is 3. The second kappa shape index (κ2) is 5.37. The normalized spacial score (nSPS) is 25.7. The van der Waals surface area contributed by atoms with Gasteiger partial charge in [0, 0.05) is 18.8 Å². The van der Waals surface area contributed by atoms with Crippen molar-refractivity contribution >= 4 is 5.91 Å². The molecule has 8 heteroatoms. The molecule has 0 saturated heterocycles. The lowest BCUT2D eigenvalue weighted by molar-refractivity contribution is -0.0300. The highest BCUT2D eigenvalue weighted by Gasteiger charge is 2.40. The Balaban J connectivity index is 2.08. The number of carbonyl (C=O) groups excluding carboxylic acids is 1. The van der Waals surface area contributed by atoms with Gasteiger partial charge in [-0.05, 0) is 13.3 Å². The highest BCUT2D eigenvalue weighted by atomic mass is 16.5. The Bertz CT molecular complexity index is 577. The van der Waals surface area contributed by atoms with Gasteiger partial charge in [-0.1, -0.05) is 0 Å². The minimum Gasteiger partial charge on any atom is -0.376 e. The molecule has 0 radical (unpaired) electrons. The molecule has 0 bridgehead atoms. The van der Waals surface area contributed by atoms with Crippen LogP contribution in [0.25, 0.3) is 0 Å². The predicted molar refractivity (Wildman–Crippen MR) is 66.9 cm³/mol. The summed E-state index contributed by atoms with van der Waals surface area (Å²) in [5.41, 5.74) is 4.24. The van der Waals surface area contributed by atoms with Crippen molar-refractivity contribution in [3.63, 3.8) is 0 Å². The van der Waals surface area contributed by atoms with Crippen LogP contribution in [-0.4, -0.2) is 40.7 Å². The van der Waals surface area contributed by atoms with Crippen molar-refractivity contribution in [2.75, 3.05) is 6.61 Å². The second-order valence-electron chi connectivity index (χ2n) is 4.38. The zero-order valence-electron chi connectivity index (χ0n) is 10.4. The Morgan fingerprint density at radius 2 is 2.32 bits per heavy atom. The number of carbonyl (C=O) groups is 1. The molecule has 0 aromatic carbocycles. The Hall–Kier alpha value is -1.93. The summed E-state index contributed by atoms with van der Waals surface area (Å²) in [5, 5.41) is 2.65. The number of aromatic nitrogens is 2. The Morgan fingerprint density at radius 1 is 1.58 bits per heavy atom. The first-order valence-electron chi connectivity index (χ1n) is 6.03. The Labute approximate surface area is 108 Å². The van der Waals surface area contributed by atoms with Gasteiger partial charge in [0.2, 0.25) is 0 Å². The monoisotopic (exact) mass is 268 g/mol. The van der Waals surface area contributed by atoms with E-state index in [2.05, 4.69) is 10.3 Å². The smallest absolute Gasteiger partial charge is 0.325 e. The lowest BCUT2D eigenvalue weighted by Gasteiger charge is -2.42. The zero-order valence-corrected chi connectivity index (χ0v) is 10.4. The summed E-state index contributed by atoms with van der Waals surface area (Å²) in [7, 11) is 0. The maximum absolute atomic E-state index is 11.9. The molecule has 3 unspecified atom stereocenters. The highest BCUT2D eigenvalue weighted by Crippen LogP contribution is 2.22. The third-order valence-electron chi connectivity index (χ3n) is 3.11. The largest absolute Gasteiger partial charge is 0.376 e. The van der Waals surface area contributed by atoms with Gasteiger partial charge < -0.3 is 20.8 Å². The third-order valence-corrected chi connectivity index (χ3v) is 3.11. The minimum absolute atomic E-state index is 0.134. The molecule has 5 N–H and O–H groups in total. The fourth-order valence-electron chi connectivity index (χ4n) is 2.03. The molecule has 104 valence electrons. The molecule has 1 fully saturated rings. The lowest BCUT2D eigenvalue weighted by Crippen LogP contribution is -2.65. The molecule has 1 aromatic rings. The Morgan fingerprint density at radius 3 is 2.89 bits per heavy atom. The van der Waals surface area contributed by atoms with E-state index < -0.39 is 17.2 Å². The molecule has 1 amide bonds. The van der Waals surface area contributed by atoms with Gasteiger partial charge in [0.1, 0.15) is 5.56 Å². The molecular weight excluding hydrogens is 252 g/mol. The van der Waals surface area contributed by atoms with Gasteiger partial charge in [-0.2, -0.15) is 0 Å². The van der Waals surface area contributed by atoms with Crippen molar-refractivity contribution in [2.45, 2.75) is 31.5 Å². The molecule has 0 spiro atoms. The average molecular weight is 268 g/mol. The van der Waals surface area contributed by atoms with Crippen LogP contribution in [0.4, 0.5) is 0 Å². The van der Waals surface area contributed by atoms with Gasteiger partial charge in [0.15, 0.2) is 0 Å². The molecule has 1 aromatic heterocycles. The van der Waals surface area contributed by atoms with Gasteiger partial charge in [0.25, 0.3) is 11.5 Å². The SMILES string of the molecule is CCOC1CC(N)C1NC(=O)c1c[nH]c(=O)[nH]c1=O. The summed E-state index contributed by atoms with van der Waals surface area (Å²) in [6, 6.07) is -0.513. The van der Waals surface area contributed by atoms with Crippen molar-refractivity contribution in [1.29, 1.82) is 0 Å². The first-order chi connectivity index (χ1) is 9.02. The number of H-pyrrole nitrogens is 2. The highest BCUT2D eigenvalue weighted by molar-refractivity contribution is 5.93. The van der Waals surface area contributed by atoms with Crippen LogP contribution in [0.1, 0.15) is 23.7 Å². The maximum atomic E-state index is 11.9. The van der Waals surface area contributed by atoms with E-state index in [0.717, 1.165) is 6.20 Å². The molecular formula is C11H16N4O4. The molecule has 1 aliphatic rings. The molecule has 2 rings (SSSR count). The number of hydrogen-bond acceptors (Lipinski definition) is 5. The quantitative estimate of drug-likeness (QED) is 0.517. The van der Waals surface area contributed by atoms with Gasteiger partial charge in [-0.15, -0.1) is 0 Å². The van der Waals surface area contributed by atoms with E-state index in [9.17, 15) is 14.4 Å². The average Bonchev–Trinajstić information content (AvgIpc) is 2.35. The zero-order chi connectivity index (χ0) is 14.0. The summed E-state index contributed by atoms with van der Waals surface area (Å²) in [6.07, 6.45) is 1.61. The van der Waals surface area contributed by atoms with Crippen LogP contribution in [0.3, 0.4) is 0 Å². The summed E-state index contributed by atoms with van der Waals surface area (Å²) in [4.78, 5) is 38.5. The molecule has 1 aliphatic carbocycles. The van der Waals surface area contributed by atoms with Crippen molar-refractivity contribution < 1.29 is 9.53 Å². The summed E-state index contributed by atoms with van der Waals surface area (Å²) >= 11 is 0. The van der Waals surface area contributed by atoms with E-state index in [0.29, 0.717) is 13.0 Å². The Kier molecular flexibility index (Phi) is 3.82. The van der Waals surface area contributed by atoms with Crippen LogP contribution in [-0.2, 0) is 4.74 Å². The van der Waals surface area contributed by atoms with E-state index in [1.807, 2.05) is 11.9 Å². The van der Waals surface area contributed by atoms with E-state index in [-0.39, 0.29) is 23.8 Å². The van der Waals surface area contributed by atoms with E-state index in [1.54, 1.807) is 0 Å². The van der Waals surface area contributed by atoms with Crippen molar-refractivity contribution in [3.8, 4) is 0 Å². The van der Waals surface area contributed by atoms with Crippen LogP contribution in [0.15, 0.2) is 15.8 Å². The molecule has 3 atom stereocenters. The standard InChI is InChI=1S/C11H16N4O4/c1-2-19-7-3-6(12)8(7)14-9(16)5-4-13-11(18)15-10(5)17/h4,6-8H,2-3,12H2,1H3,(H,14,16)(H2,13,15,17,18). The first-order valence-corrected chi connectivity index (χ1v) is 6.03. The number of amides is 1. The number of rotatable bonds is 4. The van der Waals surface area contributed by atoms with Crippen LogP contribution in [0.5, 0.6) is 0 Å². The van der Waals surface area contributed by atoms with Gasteiger partial charge in [0.05, 0.1) is 12.1 Å². The summed E-state index contributed by atoms with van der Waals surface area (Å²) in [5.74, 6) is -0.581. The van der Waals surface area contributed by atoms with E-state index >= 15 is 0 Å². The number of aromatic amines is 2. The molecule has 19 heavy (non-hydrogen) atoms. The number of ether oxygens (including phenoxy) is 1. The first kappa shape index (κ1) is 13.5. The van der Waals surface area contributed by atoms with Crippen molar-refractivity contribution in [3.05, 3.63) is 32.6 Å². The van der Waals surface area contributed by atoms with Crippen LogP contribution < -0.4 is 22.3 Å². The minimum atomic E-state index is -0.734. The van der Waals surface area contributed by atoms with Crippen LogP contribution >= 0.6 is 0 Å². The third kappa shape index (κ3) is 2.74. The number of hydrogen-bond donors (Lipinski definition) is 4. The maximum Gasteiger partial charge on any atom is 0.325 e. The van der Waals surface area contributed by atoms with Gasteiger partial charge in [-0.3, -0.25) is 14.6 Å². The lowest BCUT2D eigenvalue weighted by atomic mass is 9.83. The van der Waals surface area contributed by atoms with Crippen molar-refractivity contribution in [2.24, 2.45) is 5.73 Å². The van der Waals surface area contributed by atoms with Gasteiger partial charge in [-0.25, -0.2) is 4.79 Å². The van der Waals surface area contributed by atoms with Crippen LogP contribution in [0, 0.1) is 0 Å². The van der Waals surface area contributed by atoms with Crippen molar-refractivity contribution in [1.82, 2.24) is 15.3 Å². The number of nitrogens with two attached hydrogens (primary N) is 1. The molecule has 0 aliphatic heterocycles. The van der Waals surface area contributed by atoms with Crippen LogP contribution in [0.2, 0.25) is 0 Å². The summed E-state index contributed by atoms with van der Waals surface area (Å²) < 4.78 is 5.41. The fourth-order valence-corrected chi connectivity index (χ4v) is 2.03. The van der Waals surface area contributed by atoms with E-state index in [1.165, 1.54) is 0 Å².